The molecule has 2 nitrogen and oxygen atoms in total. The van der Waals surface area contributed by atoms with Crippen LogP contribution in [0.4, 0.5) is 0 Å². The van der Waals surface area contributed by atoms with E-state index in [1.807, 2.05) is 12.1 Å². The van der Waals surface area contributed by atoms with Crippen LogP contribution in [0.25, 0.3) is 0 Å². The molecule has 0 amide bonds. The molecular weight excluding hydrogens is 284 g/mol. The first-order valence-electron chi connectivity index (χ1n) is 6.97. The normalized spacial score (nSPS) is 10.8. The highest BCUT2D eigenvalue weighted by molar-refractivity contribution is 6.34. The van der Waals surface area contributed by atoms with E-state index in [2.05, 4.69) is 26.8 Å². The zero-order chi connectivity index (χ0) is 15.6. The van der Waals surface area contributed by atoms with Gasteiger partial charge in [-0.15, -0.1) is 0 Å². The highest BCUT2D eigenvalue weighted by Gasteiger charge is 2.09. The summed E-state index contributed by atoms with van der Waals surface area (Å²) < 4.78 is 5.81. The van der Waals surface area contributed by atoms with Gasteiger partial charge in [0.05, 0.1) is 5.02 Å². The first-order valence-corrected chi connectivity index (χ1v) is 7.35. The van der Waals surface area contributed by atoms with Crippen LogP contribution in [-0.2, 0) is 0 Å². The van der Waals surface area contributed by atoms with Crippen LogP contribution in [0.15, 0.2) is 36.4 Å². The molecule has 0 unspecified atom stereocenters. The van der Waals surface area contributed by atoms with E-state index in [-0.39, 0.29) is 5.78 Å². The minimum absolute atomic E-state index is 0.0521. The Morgan fingerprint density at radius 1 is 1.10 bits per heavy atom. The van der Waals surface area contributed by atoms with Crippen LogP contribution in [0.2, 0.25) is 5.02 Å². The smallest absolute Gasteiger partial charge is 0.161 e. The summed E-state index contributed by atoms with van der Waals surface area (Å²) in [7, 11) is 0. The Balaban J connectivity index is 2.24. The van der Waals surface area contributed by atoms with Gasteiger partial charge in [-0.05, 0) is 55.2 Å². The molecule has 0 fully saturated rings. The molecule has 0 bridgehead atoms. The maximum Gasteiger partial charge on any atom is 0.161 e. The van der Waals surface area contributed by atoms with Gasteiger partial charge in [0.2, 0.25) is 0 Å². The summed E-state index contributed by atoms with van der Waals surface area (Å²) in [4.78, 5) is 11.4. The van der Waals surface area contributed by atoms with Gasteiger partial charge in [0.15, 0.2) is 5.78 Å². The number of carbonyl (C=O) groups excluding carboxylic acids is 1. The van der Waals surface area contributed by atoms with Crippen molar-refractivity contribution in [2.75, 3.05) is 0 Å². The second-order valence-corrected chi connectivity index (χ2v) is 5.88. The van der Waals surface area contributed by atoms with Crippen molar-refractivity contribution in [2.45, 2.75) is 33.6 Å². The number of hydrogen-bond donors (Lipinski definition) is 0. The zero-order valence-corrected chi connectivity index (χ0v) is 13.5. The van der Waals surface area contributed by atoms with Gasteiger partial charge in [0.25, 0.3) is 0 Å². The summed E-state index contributed by atoms with van der Waals surface area (Å²) in [5.41, 5.74) is 3.02. The number of benzene rings is 2. The number of aryl methyl sites for hydroxylation is 1. The summed E-state index contributed by atoms with van der Waals surface area (Å²) in [6.07, 6.45) is 0. The molecule has 110 valence electrons. The molecule has 0 aliphatic carbocycles. The molecule has 2 rings (SSSR count). The molecule has 0 saturated heterocycles. The molecule has 0 radical (unpaired) electrons. The fourth-order valence-electron chi connectivity index (χ4n) is 2.34. The first-order chi connectivity index (χ1) is 9.88. The van der Waals surface area contributed by atoms with Crippen molar-refractivity contribution in [1.29, 1.82) is 0 Å². The highest BCUT2D eigenvalue weighted by atomic mass is 35.5. The van der Waals surface area contributed by atoms with E-state index in [0.717, 1.165) is 5.75 Å². The van der Waals surface area contributed by atoms with Gasteiger partial charge in [-0.2, -0.15) is 0 Å². The minimum atomic E-state index is -0.0521. The van der Waals surface area contributed by atoms with Crippen molar-refractivity contribution in [2.24, 2.45) is 0 Å². The van der Waals surface area contributed by atoms with Gasteiger partial charge >= 0.3 is 0 Å². The lowest BCUT2D eigenvalue weighted by Gasteiger charge is -2.12. The number of ketones is 1. The van der Waals surface area contributed by atoms with E-state index in [1.165, 1.54) is 18.1 Å². The highest BCUT2D eigenvalue weighted by Crippen LogP contribution is 2.29. The van der Waals surface area contributed by atoms with Gasteiger partial charge in [0, 0.05) is 11.6 Å². The molecule has 2 aromatic rings. The van der Waals surface area contributed by atoms with Gasteiger partial charge < -0.3 is 4.74 Å². The Bertz CT molecular complexity index is 675. The number of carbonyl (C=O) groups is 1. The predicted molar refractivity (Wildman–Crippen MR) is 86.8 cm³/mol. The number of Topliss-reactive ketones (excluding diaryl/α,β-unsaturated/α-hetero) is 1. The number of halogens is 1. The maximum absolute atomic E-state index is 11.4. The molecule has 0 aliphatic heterocycles. The Hall–Kier alpha value is -1.80. The molecule has 0 heterocycles. The lowest BCUT2D eigenvalue weighted by Crippen LogP contribution is -1.95. The van der Waals surface area contributed by atoms with Gasteiger partial charge in [0.1, 0.15) is 11.5 Å². The van der Waals surface area contributed by atoms with E-state index in [0.29, 0.717) is 22.3 Å². The molecule has 3 heteroatoms. The summed E-state index contributed by atoms with van der Waals surface area (Å²) in [6, 6.07) is 11.2. The molecule has 0 N–H and O–H groups in total. The summed E-state index contributed by atoms with van der Waals surface area (Å²) in [5.74, 6) is 1.83. The van der Waals surface area contributed by atoms with Crippen molar-refractivity contribution < 1.29 is 9.53 Å². The van der Waals surface area contributed by atoms with E-state index in [9.17, 15) is 4.79 Å². The number of hydrogen-bond acceptors (Lipinski definition) is 2. The second kappa shape index (κ2) is 6.31. The first kappa shape index (κ1) is 15.6. The van der Waals surface area contributed by atoms with Gasteiger partial charge in [-0.25, -0.2) is 0 Å². The second-order valence-electron chi connectivity index (χ2n) is 5.47. The van der Waals surface area contributed by atoms with Crippen LogP contribution < -0.4 is 4.74 Å². The summed E-state index contributed by atoms with van der Waals surface area (Å²) in [5, 5.41) is 0.413. The average Bonchev–Trinajstić information content (AvgIpc) is 2.37. The molecule has 21 heavy (non-hydrogen) atoms. The van der Waals surface area contributed by atoms with Crippen molar-refractivity contribution >= 4 is 17.4 Å². The quantitative estimate of drug-likeness (QED) is 0.670. The van der Waals surface area contributed by atoms with Crippen molar-refractivity contribution in [1.82, 2.24) is 0 Å². The summed E-state index contributed by atoms with van der Waals surface area (Å²) in [6.45, 7) is 7.91. The molecule has 0 saturated carbocycles. The SMILES string of the molecule is CC(=O)c1ccc(Oc2ccc(C(C)C)c(C)c2)cc1Cl. The number of ether oxygens (including phenoxy) is 1. The van der Waals surface area contributed by atoms with Crippen molar-refractivity contribution in [3.05, 3.63) is 58.1 Å². The average molecular weight is 303 g/mol. The third-order valence-corrected chi connectivity index (χ3v) is 3.73. The fourth-order valence-corrected chi connectivity index (χ4v) is 2.64. The van der Waals surface area contributed by atoms with Crippen LogP contribution in [0.1, 0.15) is 48.2 Å². The lowest BCUT2D eigenvalue weighted by molar-refractivity contribution is 0.101. The Labute approximate surface area is 130 Å². The van der Waals surface area contributed by atoms with E-state index < -0.39 is 0 Å². The third-order valence-electron chi connectivity index (χ3n) is 3.42. The van der Waals surface area contributed by atoms with E-state index in [1.54, 1.807) is 18.2 Å². The molecular formula is C18H19ClO2. The molecule has 2 aromatic carbocycles. The Morgan fingerprint density at radius 2 is 1.71 bits per heavy atom. The zero-order valence-electron chi connectivity index (χ0n) is 12.7. The number of rotatable bonds is 4. The largest absolute Gasteiger partial charge is 0.457 e. The maximum atomic E-state index is 11.4. The molecule has 0 aromatic heterocycles. The van der Waals surface area contributed by atoms with Crippen LogP contribution in [0.5, 0.6) is 11.5 Å². The standard InChI is InChI=1S/C18H19ClO2/c1-11(2)16-7-5-14(9-12(16)3)21-15-6-8-17(13(4)20)18(19)10-15/h5-11H,1-4H3. The summed E-state index contributed by atoms with van der Waals surface area (Å²) >= 11 is 6.09. The fraction of sp³-hybridized carbons (Fsp3) is 0.278. The van der Waals surface area contributed by atoms with Crippen molar-refractivity contribution in [3.8, 4) is 11.5 Å². The van der Waals surface area contributed by atoms with E-state index >= 15 is 0 Å². The molecule has 0 spiro atoms. The van der Waals surface area contributed by atoms with E-state index in [4.69, 9.17) is 16.3 Å². The minimum Gasteiger partial charge on any atom is -0.457 e. The van der Waals surface area contributed by atoms with Crippen LogP contribution >= 0.6 is 11.6 Å². The predicted octanol–water partition coefficient (Wildman–Crippen LogP) is 5.77. The Kier molecular flexibility index (Phi) is 4.69. The van der Waals surface area contributed by atoms with Crippen LogP contribution in [0.3, 0.4) is 0 Å². The Morgan fingerprint density at radius 3 is 2.24 bits per heavy atom. The lowest BCUT2D eigenvalue weighted by atomic mass is 9.98. The van der Waals surface area contributed by atoms with Gasteiger partial charge in [-0.1, -0.05) is 31.5 Å². The molecule has 0 atom stereocenters. The van der Waals surface area contributed by atoms with Crippen LogP contribution in [-0.4, -0.2) is 5.78 Å². The third kappa shape index (κ3) is 3.64. The topological polar surface area (TPSA) is 26.3 Å². The monoisotopic (exact) mass is 302 g/mol. The van der Waals surface area contributed by atoms with Gasteiger partial charge in [-0.3, -0.25) is 4.79 Å². The molecule has 0 aliphatic rings. The van der Waals surface area contributed by atoms with Crippen molar-refractivity contribution in [3.63, 3.8) is 0 Å². The van der Waals surface area contributed by atoms with Crippen LogP contribution in [0, 0.1) is 6.92 Å².